The van der Waals surface area contributed by atoms with E-state index >= 15 is 0 Å². The van der Waals surface area contributed by atoms with Crippen LogP contribution in [-0.2, 0) is 20.8 Å². The molecular formula is C21H25N3O3S. The summed E-state index contributed by atoms with van der Waals surface area (Å²) in [5.41, 5.74) is 3.37. The second-order valence-electron chi connectivity index (χ2n) is 6.62. The molecule has 28 heavy (non-hydrogen) atoms. The molecule has 2 N–H and O–H groups in total. The zero-order valence-corrected chi connectivity index (χ0v) is 17.1. The van der Waals surface area contributed by atoms with Crippen LogP contribution in [-0.4, -0.2) is 48.2 Å². The first kappa shape index (κ1) is 21.5. The van der Waals surface area contributed by atoms with Gasteiger partial charge in [0.15, 0.2) is 0 Å². The van der Waals surface area contributed by atoms with Crippen molar-refractivity contribution in [1.82, 2.24) is 4.90 Å². The van der Waals surface area contributed by atoms with Crippen LogP contribution >= 0.6 is 11.8 Å². The van der Waals surface area contributed by atoms with Gasteiger partial charge in [-0.1, -0.05) is 24.3 Å². The number of hydrogen-bond donors (Lipinski definition) is 2. The van der Waals surface area contributed by atoms with E-state index in [0.717, 1.165) is 16.8 Å². The number of carbonyl (C=O) groups excluding carboxylic acids is 3. The first-order valence-electron chi connectivity index (χ1n) is 8.86. The molecule has 0 saturated carbocycles. The lowest BCUT2D eigenvalue weighted by molar-refractivity contribution is -0.128. The SMILES string of the molecule is Cc1cccc(NC(=O)CSCC(=O)Nc2ccc(CC(=O)N(C)C)cc2)c1. The molecule has 148 valence electrons. The maximum atomic E-state index is 12.0. The van der Waals surface area contributed by atoms with Gasteiger partial charge in [0.1, 0.15) is 0 Å². The molecule has 0 unspecified atom stereocenters. The summed E-state index contributed by atoms with van der Waals surface area (Å²) in [7, 11) is 3.44. The fraction of sp³-hybridized carbons (Fsp3) is 0.286. The van der Waals surface area contributed by atoms with Gasteiger partial charge in [-0.25, -0.2) is 0 Å². The van der Waals surface area contributed by atoms with Crippen LogP contribution in [0.4, 0.5) is 11.4 Å². The molecule has 0 fully saturated rings. The minimum absolute atomic E-state index is 0.0251. The van der Waals surface area contributed by atoms with Crippen molar-refractivity contribution < 1.29 is 14.4 Å². The van der Waals surface area contributed by atoms with Gasteiger partial charge in [0, 0.05) is 25.5 Å². The van der Waals surface area contributed by atoms with E-state index in [9.17, 15) is 14.4 Å². The highest BCUT2D eigenvalue weighted by Gasteiger charge is 2.08. The summed E-state index contributed by atoms with van der Waals surface area (Å²) < 4.78 is 0. The van der Waals surface area contributed by atoms with Crippen molar-refractivity contribution in [3.8, 4) is 0 Å². The van der Waals surface area contributed by atoms with Crippen molar-refractivity contribution in [3.63, 3.8) is 0 Å². The van der Waals surface area contributed by atoms with Gasteiger partial charge in [0.05, 0.1) is 17.9 Å². The molecule has 2 aromatic carbocycles. The molecule has 6 nitrogen and oxygen atoms in total. The normalized spacial score (nSPS) is 10.2. The highest BCUT2D eigenvalue weighted by molar-refractivity contribution is 8.00. The Kier molecular flexibility index (Phi) is 8.07. The molecule has 0 aromatic heterocycles. The number of anilines is 2. The minimum atomic E-state index is -0.175. The first-order chi connectivity index (χ1) is 13.3. The van der Waals surface area contributed by atoms with Crippen LogP contribution in [0.2, 0.25) is 0 Å². The second-order valence-corrected chi connectivity index (χ2v) is 7.61. The van der Waals surface area contributed by atoms with E-state index in [1.54, 1.807) is 31.1 Å². The maximum Gasteiger partial charge on any atom is 0.234 e. The number of rotatable bonds is 8. The fourth-order valence-corrected chi connectivity index (χ4v) is 3.01. The van der Waals surface area contributed by atoms with E-state index in [1.165, 1.54) is 11.8 Å². The lowest BCUT2D eigenvalue weighted by Crippen LogP contribution is -2.23. The molecule has 0 heterocycles. The van der Waals surface area contributed by atoms with Crippen molar-refractivity contribution in [3.05, 3.63) is 59.7 Å². The van der Waals surface area contributed by atoms with Crippen molar-refractivity contribution in [2.45, 2.75) is 13.3 Å². The van der Waals surface area contributed by atoms with E-state index in [2.05, 4.69) is 10.6 Å². The van der Waals surface area contributed by atoms with Crippen molar-refractivity contribution in [2.75, 3.05) is 36.2 Å². The summed E-state index contributed by atoms with van der Waals surface area (Å²) in [4.78, 5) is 37.2. The van der Waals surface area contributed by atoms with E-state index < -0.39 is 0 Å². The number of thioether (sulfide) groups is 1. The van der Waals surface area contributed by atoms with Crippen LogP contribution in [0, 0.1) is 6.92 Å². The van der Waals surface area contributed by atoms with Gasteiger partial charge in [-0.05, 0) is 42.3 Å². The molecule has 2 aromatic rings. The monoisotopic (exact) mass is 399 g/mol. The summed E-state index contributed by atoms with van der Waals surface area (Å²) in [5.74, 6) is 0.0932. The number of hydrogen-bond acceptors (Lipinski definition) is 4. The molecular weight excluding hydrogens is 374 g/mol. The summed E-state index contributed by atoms with van der Waals surface area (Å²) in [6.45, 7) is 1.96. The first-order valence-corrected chi connectivity index (χ1v) is 10.0. The maximum absolute atomic E-state index is 12.0. The predicted octanol–water partition coefficient (Wildman–Crippen LogP) is 2.94. The number of benzene rings is 2. The predicted molar refractivity (Wildman–Crippen MR) is 115 cm³/mol. The largest absolute Gasteiger partial charge is 0.349 e. The number of nitrogens with one attached hydrogen (secondary N) is 2. The molecule has 0 aliphatic carbocycles. The van der Waals surface area contributed by atoms with Crippen LogP contribution in [0.1, 0.15) is 11.1 Å². The number of carbonyl (C=O) groups is 3. The van der Waals surface area contributed by atoms with E-state index in [1.807, 2.05) is 43.3 Å². The Morgan fingerprint density at radius 2 is 1.50 bits per heavy atom. The van der Waals surface area contributed by atoms with Crippen molar-refractivity contribution in [2.24, 2.45) is 0 Å². The van der Waals surface area contributed by atoms with Gasteiger partial charge in [-0.15, -0.1) is 11.8 Å². The van der Waals surface area contributed by atoms with Crippen LogP contribution in [0.3, 0.4) is 0 Å². The molecule has 2 rings (SSSR count). The molecule has 0 radical (unpaired) electrons. The van der Waals surface area contributed by atoms with Gasteiger partial charge in [0.2, 0.25) is 17.7 Å². The van der Waals surface area contributed by atoms with Crippen LogP contribution in [0.5, 0.6) is 0 Å². The third-order valence-electron chi connectivity index (χ3n) is 3.86. The van der Waals surface area contributed by atoms with Crippen molar-refractivity contribution in [1.29, 1.82) is 0 Å². The van der Waals surface area contributed by atoms with Crippen molar-refractivity contribution >= 4 is 40.9 Å². The standard InChI is InChI=1S/C21H25N3O3S/c1-15-5-4-6-18(11-15)23-20(26)14-28-13-19(25)22-17-9-7-16(8-10-17)12-21(27)24(2)3/h4-11H,12-14H2,1-3H3,(H,22,25)(H,23,26). The Balaban J connectivity index is 1.72. The Labute approximate surface area is 169 Å². The zero-order valence-electron chi connectivity index (χ0n) is 16.3. The van der Waals surface area contributed by atoms with E-state index in [0.29, 0.717) is 12.1 Å². The summed E-state index contributed by atoms with van der Waals surface area (Å²) in [6, 6.07) is 14.7. The Morgan fingerprint density at radius 1 is 0.893 bits per heavy atom. The van der Waals surface area contributed by atoms with Crippen LogP contribution < -0.4 is 10.6 Å². The highest BCUT2D eigenvalue weighted by Crippen LogP contribution is 2.13. The number of nitrogens with zero attached hydrogens (tertiary/aromatic N) is 1. The zero-order chi connectivity index (χ0) is 20.5. The van der Waals surface area contributed by atoms with E-state index in [-0.39, 0.29) is 29.2 Å². The van der Waals surface area contributed by atoms with Crippen LogP contribution in [0.25, 0.3) is 0 Å². The molecule has 0 atom stereocenters. The lowest BCUT2D eigenvalue weighted by Gasteiger charge is -2.10. The Hall–Kier alpha value is -2.80. The van der Waals surface area contributed by atoms with Gasteiger partial charge in [-0.3, -0.25) is 14.4 Å². The molecule has 0 bridgehead atoms. The highest BCUT2D eigenvalue weighted by atomic mass is 32.2. The number of amides is 3. The fourth-order valence-electron chi connectivity index (χ4n) is 2.39. The second kappa shape index (κ2) is 10.5. The summed E-state index contributed by atoms with van der Waals surface area (Å²) >= 11 is 1.25. The molecule has 0 saturated heterocycles. The Bertz CT molecular complexity index is 835. The molecule has 0 aliphatic rings. The van der Waals surface area contributed by atoms with Gasteiger partial charge >= 0.3 is 0 Å². The smallest absolute Gasteiger partial charge is 0.234 e. The molecule has 3 amide bonds. The van der Waals surface area contributed by atoms with Gasteiger partial charge in [-0.2, -0.15) is 0 Å². The molecule has 7 heteroatoms. The molecule has 0 aliphatic heterocycles. The third kappa shape index (κ3) is 7.44. The molecule has 0 spiro atoms. The van der Waals surface area contributed by atoms with Gasteiger partial charge in [0.25, 0.3) is 0 Å². The quantitative estimate of drug-likeness (QED) is 0.715. The summed E-state index contributed by atoms with van der Waals surface area (Å²) in [6.07, 6.45) is 0.327. The topological polar surface area (TPSA) is 78.5 Å². The summed E-state index contributed by atoms with van der Waals surface area (Å²) in [5, 5.41) is 5.60. The number of aryl methyl sites for hydroxylation is 1. The minimum Gasteiger partial charge on any atom is -0.349 e. The van der Waals surface area contributed by atoms with Crippen LogP contribution in [0.15, 0.2) is 48.5 Å². The Morgan fingerprint density at radius 3 is 2.07 bits per heavy atom. The third-order valence-corrected chi connectivity index (χ3v) is 4.79. The van der Waals surface area contributed by atoms with Gasteiger partial charge < -0.3 is 15.5 Å². The lowest BCUT2D eigenvalue weighted by atomic mass is 10.1. The van der Waals surface area contributed by atoms with E-state index in [4.69, 9.17) is 0 Å². The average molecular weight is 400 g/mol. The number of likely N-dealkylation sites (N-methyl/N-ethyl adjacent to an activating group) is 1. The average Bonchev–Trinajstić information content (AvgIpc) is 2.63.